The first-order valence-electron chi connectivity index (χ1n) is 8.99. The van der Waals surface area contributed by atoms with Crippen molar-refractivity contribution in [2.45, 2.75) is 50.5 Å². The van der Waals surface area contributed by atoms with Crippen molar-refractivity contribution in [2.24, 2.45) is 0 Å². The van der Waals surface area contributed by atoms with Crippen LogP contribution in [0.5, 0.6) is 0 Å². The molecule has 162 valence electrons. The largest absolute Gasteiger partial charge is 0.463 e. The Balaban J connectivity index is 2.06. The number of carbonyl (C=O) groups excluding carboxylic acids is 3. The van der Waals surface area contributed by atoms with E-state index in [1.807, 2.05) is 0 Å². The molecule has 4 atom stereocenters. The molecule has 12 heteroatoms. The first-order valence-corrected chi connectivity index (χ1v) is 10.2. The minimum Gasteiger partial charge on any atom is -0.463 e. The molecule has 1 fully saturated rings. The van der Waals surface area contributed by atoms with E-state index in [-0.39, 0.29) is 12.2 Å². The predicted molar refractivity (Wildman–Crippen MR) is 104 cm³/mol. The van der Waals surface area contributed by atoms with Crippen LogP contribution in [0.1, 0.15) is 27.0 Å². The average molecular weight is 439 g/mol. The van der Waals surface area contributed by atoms with Gasteiger partial charge in [0.15, 0.2) is 29.2 Å². The molecule has 0 unspecified atom stereocenters. The topological polar surface area (TPSA) is 139 Å². The highest BCUT2D eigenvalue weighted by Crippen LogP contribution is 2.36. The van der Waals surface area contributed by atoms with Gasteiger partial charge >= 0.3 is 17.9 Å². The number of hydrogen-bond acceptors (Lipinski definition) is 10. The third-order valence-electron chi connectivity index (χ3n) is 4.37. The normalized spacial score (nSPS) is 23.3. The molecule has 3 heterocycles. The minimum atomic E-state index is -1.05. The molecule has 2 aromatic heterocycles. The summed E-state index contributed by atoms with van der Waals surface area (Å²) in [7, 11) is 0. The molecule has 1 saturated heterocycles. The van der Waals surface area contributed by atoms with Crippen LogP contribution in [0.15, 0.2) is 22.2 Å². The van der Waals surface area contributed by atoms with Crippen molar-refractivity contribution < 1.29 is 33.3 Å². The highest BCUT2D eigenvalue weighted by molar-refractivity contribution is 7.98. The lowest BCUT2D eigenvalue weighted by Crippen LogP contribution is -2.40. The van der Waals surface area contributed by atoms with Gasteiger partial charge in [-0.2, -0.15) is 0 Å². The van der Waals surface area contributed by atoms with E-state index < -0.39 is 42.4 Å². The zero-order valence-electron chi connectivity index (χ0n) is 16.7. The van der Waals surface area contributed by atoms with Crippen LogP contribution in [0.2, 0.25) is 0 Å². The summed E-state index contributed by atoms with van der Waals surface area (Å²) in [6.07, 6.45) is -0.627. The second-order valence-electron chi connectivity index (χ2n) is 6.55. The zero-order chi connectivity index (χ0) is 22.0. The maximum atomic E-state index is 12.3. The molecule has 2 aromatic rings. The number of esters is 3. The number of nitrogens with zero attached hydrogens (tertiary/aromatic N) is 2. The van der Waals surface area contributed by atoms with Crippen molar-refractivity contribution in [1.82, 2.24) is 14.5 Å². The number of nitrogens with one attached hydrogen (secondary N) is 1. The lowest BCUT2D eigenvalue weighted by molar-refractivity contribution is -0.166. The molecule has 0 saturated carbocycles. The van der Waals surface area contributed by atoms with Gasteiger partial charge in [0.1, 0.15) is 12.7 Å². The summed E-state index contributed by atoms with van der Waals surface area (Å²) in [5.74, 6) is -1.78. The zero-order valence-corrected chi connectivity index (χ0v) is 17.6. The number of carbonyl (C=O) groups is 3. The van der Waals surface area contributed by atoms with Gasteiger partial charge in [-0.05, 0) is 12.3 Å². The van der Waals surface area contributed by atoms with Crippen molar-refractivity contribution in [3.63, 3.8) is 0 Å². The Kier molecular flexibility index (Phi) is 6.46. The predicted octanol–water partition coefficient (Wildman–Crippen LogP) is 0.770. The highest BCUT2D eigenvalue weighted by atomic mass is 32.2. The summed E-state index contributed by atoms with van der Waals surface area (Å²) in [4.78, 5) is 54.1. The van der Waals surface area contributed by atoms with E-state index in [0.717, 1.165) is 0 Å². The van der Waals surface area contributed by atoms with Crippen molar-refractivity contribution in [3.8, 4) is 0 Å². The molecule has 30 heavy (non-hydrogen) atoms. The number of aromatic nitrogens is 3. The van der Waals surface area contributed by atoms with Gasteiger partial charge in [0.25, 0.3) is 5.56 Å². The molecule has 3 rings (SSSR count). The number of thioether (sulfide) groups is 1. The van der Waals surface area contributed by atoms with Crippen LogP contribution in [0.4, 0.5) is 0 Å². The highest BCUT2D eigenvalue weighted by Gasteiger charge is 2.50. The quantitative estimate of drug-likeness (QED) is 0.297. The third-order valence-corrected chi connectivity index (χ3v) is 4.95. The first-order chi connectivity index (χ1) is 14.2. The Bertz CT molecular complexity index is 1030. The van der Waals surface area contributed by atoms with E-state index in [2.05, 4.69) is 9.97 Å². The second kappa shape index (κ2) is 8.88. The summed E-state index contributed by atoms with van der Waals surface area (Å²) in [5, 5.41) is 0.702. The van der Waals surface area contributed by atoms with Gasteiger partial charge in [-0.3, -0.25) is 19.2 Å². The van der Waals surface area contributed by atoms with Crippen molar-refractivity contribution in [2.75, 3.05) is 12.9 Å². The fraction of sp³-hybridized carbons (Fsp3) is 0.500. The van der Waals surface area contributed by atoms with Gasteiger partial charge < -0.3 is 28.5 Å². The van der Waals surface area contributed by atoms with Gasteiger partial charge in [-0.15, -0.1) is 0 Å². The first kappa shape index (κ1) is 21.8. The molecule has 0 amide bonds. The average Bonchev–Trinajstić information content (AvgIpc) is 3.21. The van der Waals surface area contributed by atoms with Crippen LogP contribution >= 0.6 is 11.8 Å². The van der Waals surface area contributed by atoms with E-state index in [4.69, 9.17) is 18.9 Å². The van der Waals surface area contributed by atoms with Crippen molar-refractivity contribution in [3.05, 3.63) is 22.6 Å². The lowest BCUT2D eigenvalue weighted by atomic mass is 10.1. The van der Waals surface area contributed by atoms with Crippen LogP contribution < -0.4 is 5.56 Å². The van der Waals surface area contributed by atoms with Crippen LogP contribution in [-0.4, -0.2) is 63.6 Å². The maximum absolute atomic E-state index is 12.3. The van der Waals surface area contributed by atoms with E-state index in [0.29, 0.717) is 16.2 Å². The Labute approximate surface area is 175 Å². The van der Waals surface area contributed by atoms with Gasteiger partial charge in [0.2, 0.25) is 0 Å². The Hall–Kier alpha value is -2.86. The number of aromatic amines is 1. The summed E-state index contributed by atoms with van der Waals surface area (Å²) in [5.41, 5.74) is -0.0295. The van der Waals surface area contributed by atoms with E-state index in [1.165, 1.54) is 37.1 Å². The van der Waals surface area contributed by atoms with Gasteiger partial charge in [-0.1, -0.05) is 11.8 Å². The number of H-pyrrole nitrogens is 1. The second-order valence-corrected chi connectivity index (χ2v) is 7.35. The monoisotopic (exact) mass is 439 g/mol. The van der Waals surface area contributed by atoms with E-state index in [9.17, 15) is 19.2 Å². The molecule has 0 aliphatic carbocycles. The number of rotatable bonds is 6. The lowest BCUT2D eigenvalue weighted by Gasteiger charge is -2.24. The van der Waals surface area contributed by atoms with Crippen LogP contribution in [-0.2, 0) is 33.3 Å². The van der Waals surface area contributed by atoms with Gasteiger partial charge in [0.05, 0.1) is 5.39 Å². The van der Waals surface area contributed by atoms with Gasteiger partial charge in [0, 0.05) is 27.0 Å². The molecular weight excluding hydrogens is 418 g/mol. The molecule has 0 radical (unpaired) electrons. The molecule has 11 nitrogen and oxygen atoms in total. The molecular formula is C18H21N3O8S. The standard InChI is InChI=1S/C18H21N3O8S/c1-8(22)26-7-12-13(27-9(2)23)14(28-10(3)24)17(29-12)21-6-5-11-15(21)19-18(30-4)20-16(11)25/h5-6,12-14,17H,7H2,1-4H3,(H,19,20,25)/t12-,13-,14-,17-/m1/s1. The van der Waals surface area contributed by atoms with Crippen molar-refractivity contribution in [1.29, 1.82) is 0 Å². The molecule has 1 aliphatic rings. The van der Waals surface area contributed by atoms with Crippen molar-refractivity contribution >= 4 is 40.7 Å². The summed E-state index contributed by atoms with van der Waals surface area (Å²) < 4.78 is 23.3. The third kappa shape index (κ3) is 4.49. The Morgan fingerprint density at radius 2 is 1.83 bits per heavy atom. The summed E-state index contributed by atoms with van der Waals surface area (Å²) in [6, 6.07) is 1.56. The number of fused-ring (bicyclic) bond motifs is 1. The minimum absolute atomic E-state index is 0.217. The fourth-order valence-electron chi connectivity index (χ4n) is 3.24. The molecule has 0 spiro atoms. The van der Waals surface area contributed by atoms with E-state index in [1.54, 1.807) is 18.5 Å². The Morgan fingerprint density at radius 3 is 2.43 bits per heavy atom. The Morgan fingerprint density at radius 1 is 1.17 bits per heavy atom. The van der Waals surface area contributed by atoms with Crippen LogP contribution in [0.3, 0.4) is 0 Å². The van der Waals surface area contributed by atoms with Gasteiger partial charge in [-0.25, -0.2) is 4.98 Å². The van der Waals surface area contributed by atoms with Crippen LogP contribution in [0, 0.1) is 0 Å². The molecule has 1 N–H and O–H groups in total. The summed E-state index contributed by atoms with van der Waals surface area (Å²) >= 11 is 1.25. The van der Waals surface area contributed by atoms with E-state index >= 15 is 0 Å². The maximum Gasteiger partial charge on any atom is 0.303 e. The SMILES string of the molecule is CSc1nc2c(ccn2[C@@H]2O[C@H](COC(C)=O)[C@@H](OC(C)=O)[C@H]2OC(C)=O)c(=O)[nH]1. The molecule has 0 aromatic carbocycles. The smallest absolute Gasteiger partial charge is 0.303 e. The molecule has 0 bridgehead atoms. The summed E-state index contributed by atoms with van der Waals surface area (Å²) in [6.45, 7) is 3.43. The van der Waals surface area contributed by atoms with Crippen LogP contribution in [0.25, 0.3) is 11.0 Å². The fourth-order valence-corrected chi connectivity index (χ4v) is 3.61. The number of ether oxygens (including phenoxy) is 4. The molecule has 1 aliphatic heterocycles. The number of hydrogen-bond donors (Lipinski definition) is 1.